The van der Waals surface area contributed by atoms with Gasteiger partial charge in [-0.25, -0.2) is 13.2 Å². The van der Waals surface area contributed by atoms with Crippen molar-refractivity contribution in [2.24, 2.45) is 7.05 Å². The van der Waals surface area contributed by atoms with Crippen LogP contribution in [0.15, 0.2) is 18.2 Å². The van der Waals surface area contributed by atoms with Crippen LogP contribution in [-0.2, 0) is 19.9 Å². The zero-order valence-electron chi connectivity index (χ0n) is 11.2. The highest BCUT2D eigenvalue weighted by molar-refractivity contribution is 5.24. The van der Waals surface area contributed by atoms with Gasteiger partial charge in [0.15, 0.2) is 11.6 Å². The van der Waals surface area contributed by atoms with E-state index in [0.717, 1.165) is 12.1 Å². The number of hydrogen-bond donors (Lipinski definition) is 1. The van der Waals surface area contributed by atoms with Crippen molar-refractivity contribution in [3.8, 4) is 0 Å². The average Bonchev–Trinajstić information content (AvgIpc) is 2.74. The first kappa shape index (κ1) is 14.6. The van der Waals surface area contributed by atoms with Gasteiger partial charge >= 0.3 is 0 Å². The number of aliphatic hydroxyl groups is 1. The Balaban J connectivity index is 2.25. The van der Waals surface area contributed by atoms with Crippen LogP contribution in [0.4, 0.5) is 13.2 Å². The maximum atomic E-state index is 13.6. The van der Waals surface area contributed by atoms with Gasteiger partial charge in [0.05, 0.1) is 11.8 Å². The summed E-state index contributed by atoms with van der Waals surface area (Å²) in [6.07, 6.45) is -0.445. The van der Waals surface area contributed by atoms with Gasteiger partial charge in [-0.3, -0.25) is 4.68 Å². The molecule has 0 radical (unpaired) electrons. The van der Waals surface area contributed by atoms with Crippen LogP contribution < -0.4 is 0 Å². The third kappa shape index (κ3) is 2.85. The van der Waals surface area contributed by atoms with E-state index in [2.05, 4.69) is 5.10 Å². The normalized spacial score (nSPS) is 12.7. The Hall–Kier alpha value is -1.82. The summed E-state index contributed by atoms with van der Waals surface area (Å²) in [6, 6.07) is 2.92. The van der Waals surface area contributed by atoms with E-state index in [1.165, 1.54) is 0 Å². The van der Waals surface area contributed by atoms with Crippen molar-refractivity contribution in [1.29, 1.82) is 0 Å². The first-order chi connectivity index (χ1) is 9.42. The average molecular weight is 284 g/mol. The van der Waals surface area contributed by atoms with E-state index in [9.17, 15) is 18.3 Å². The summed E-state index contributed by atoms with van der Waals surface area (Å²) in [5.41, 5.74) is 1.28. The minimum Gasteiger partial charge on any atom is -0.388 e. The largest absolute Gasteiger partial charge is 0.388 e. The van der Waals surface area contributed by atoms with Gasteiger partial charge in [0.2, 0.25) is 0 Å². The van der Waals surface area contributed by atoms with Crippen LogP contribution in [0.5, 0.6) is 0 Å². The highest BCUT2D eigenvalue weighted by atomic mass is 19.2. The van der Waals surface area contributed by atoms with Gasteiger partial charge in [0.1, 0.15) is 5.82 Å². The molecule has 0 aliphatic carbocycles. The molecule has 0 saturated carbocycles. The third-order valence-corrected chi connectivity index (χ3v) is 3.19. The summed E-state index contributed by atoms with van der Waals surface area (Å²) in [5, 5.41) is 14.2. The second-order valence-corrected chi connectivity index (χ2v) is 4.61. The lowest BCUT2D eigenvalue weighted by molar-refractivity contribution is 0.170. The number of aliphatic hydroxyl groups excluding tert-OH is 1. The van der Waals surface area contributed by atoms with Gasteiger partial charge in [-0.05, 0) is 18.6 Å². The standard InChI is InChI=1S/C14H15F3N2O/c1-3-8-4-9(19(2)18-8)5-14(20)10-6-12(16)13(17)7-11(10)15/h4,6-7,14,20H,3,5H2,1-2H3. The molecule has 0 saturated heterocycles. The van der Waals surface area contributed by atoms with Gasteiger partial charge in [-0.2, -0.15) is 5.10 Å². The quantitative estimate of drug-likeness (QED) is 0.877. The third-order valence-electron chi connectivity index (χ3n) is 3.19. The molecule has 6 heteroatoms. The van der Waals surface area contributed by atoms with E-state index >= 15 is 0 Å². The molecule has 1 atom stereocenters. The Kier molecular flexibility index (Phi) is 4.13. The van der Waals surface area contributed by atoms with Crippen LogP contribution in [0, 0.1) is 17.5 Å². The van der Waals surface area contributed by atoms with Gasteiger partial charge in [0.25, 0.3) is 0 Å². The summed E-state index contributed by atoms with van der Waals surface area (Å²) in [5.74, 6) is -3.42. The summed E-state index contributed by atoms with van der Waals surface area (Å²) in [4.78, 5) is 0. The first-order valence-corrected chi connectivity index (χ1v) is 6.26. The fraction of sp³-hybridized carbons (Fsp3) is 0.357. The van der Waals surface area contributed by atoms with Crippen molar-refractivity contribution < 1.29 is 18.3 Å². The molecule has 1 heterocycles. The van der Waals surface area contributed by atoms with Crippen molar-refractivity contribution in [3.63, 3.8) is 0 Å². The fourth-order valence-electron chi connectivity index (χ4n) is 2.04. The molecule has 1 aromatic carbocycles. The predicted octanol–water partition coefficient (Wildman–Crippen LogP) is 2.68. The number of halogens is 3. The van der Waals surface area contributed by atoms with Gasteiger partial charge in [-0.15, -0.1) is 0 Å². The topological polar surface area (TPSA) is 38.0 Å². The molecule has 0 aliphatic heterocycles. The molecule has 1 N–H and O–H groups in total. The maximum absolute atomic E-state index is 13.6. The molecular formula is C14H15F3N2O. The lowest BCUT2D eigenvalue weighted by Gasteiger charge is -2.12. The molecule has 2 rings (SSSR count). The molecule has 0 fully saturated rings. The zero-order chi connectivity index (χ0) is 14.9. The Labute approximate surface area is 114 Å². The number of rotatable bonds is 4. The van der Waals surface area contributed by atoms with Crippen LogP contribution in [0.1, 0.15) is 30.0 Å². The van der Waals surface area contributed by atoms with E-state index in [1.54, 1.807) is 17.8 Å². The van der Waals surface area contributed by atoms with E-state index in [4.69, 9.17) is 0 Å². The van der Waals surface area contributed by atoms with Crippen LogP contribution in [0.25, 0.3) is 0 Å². The number of aromatic nitrogens is 2. The van der Waals surface area contributed by atoms with Gasteiger partial charge in [0, 0.05) is 30.8 Å². The Morgan fingerprint density at radius 1 is 1.15 bits per heavy atom. The lowest BCUT2D eigenvalue weighted by atomic mass is 10.0. The van der Waals surface area contributed by atoms with Crippen LogP contribution in [0.3, 0.4) is 0 Å². The van der Waals surface area contributed by atoms with E-state index in [-0.39, 0.29) is 12.0 Å². The van der Waals surface area contributed by atoms with Crippen LogP contribution in [0.2, 0.25) is 0 Å². The molecule has 0 aliphatic rings. The monoisotopic (exact) mass is 284 g/mol. The van der Waals surface area contributed by atoms with Crippen molar-refractivity contribution in [2.75, 3.05) is 0 Å². The van der Waals surface area contributed by atoms with Crippen LogP contribution in [-0.4, -0.2) is 14.9 Å². The highest BCUT2D eigenvalue weighted by Gasteiger charge is 2.19. The minimum absolute atomic E-state index is 0.0749. The van der Waals surface area contributed by atoms with Crippen molar-refractivity contribution in [1.82, 2.24) is 9.78 Å². The molecule has 0 spiro atoms. The summed E-state index contributed by atoms with van der Waals surface area (Å²) in [6.45, 7) is 1.94. The Morgan fingerprint density at radius 3 is 2.40 bits per heavy atom. The summed E-state index contributed by atoms with van der Waals surface area (Å²) in [7, 11) is 1.71. The minimum atomic E-state index is -1.27. The Bertz CT molecular complexity index is 625. The van der Waals surface area contributed by atoms with Gasteiger partial charge in [-0.1, -0.05) is 6.92 Å². The smallest absolute Gasteiger partial charge is 0.161 e. The predicted molar refractivity (Wildman–Crippen MR) is 67.6 cm³/mol. The molecule has 3 nitrogen and oxygen atoms in total. The number of benzene rings is 1. The molecule has 1 aromatic heterocycles. The maximum Gasteiger partial charge on any atom is 0.161 e. The molecular weight excluding hydrogens is 269 g/mol. The fourth-order valence-corrected chi connectivity index (χ4v) is 2.04. The molecule has 2 aromatic rings. The van der Waals surface area contributed by atoms with Crippen molar-refractivity contribution >= 4 is 0 Å². The molecule has 20 heavy (non-hydrogen) atoms. The Morgan fingerprint density at radius 2 is 1.80 bits per heavy atom. The summed E-state index contributed by atoms with van der Waals surface area (Å²) >= 11 is 0. The van der Waals surface area contributed by atoms with Gasteiger partial charge < -0.3 is 5.11 Å². The molecule has 1 unspecified atom stereocenters. The van der Waals surface area contributed by atoms with Crippen molar-refractivity contribution in [3.05, 3.63) is 52.6 Å². The van der Waals surface area contributed by atoms with E-state index in [0.29, 0.717) is 17.8 Å². The lowest BCUT2D eigenvalue weighted by Crippen LogP contribution is -2.09. The highest BCUT2D eigenvalue weighted by Crippen LogP contribution is 2.23. The first-order valence-electron chi connectivity index (χ1n) is 6.26. The van der Waals surface area contributed by atoms with E-state index < -0.39 is 23.6 Å². The van der Waals surface area contributed by atoms with Crippen molar-refractivity contribution in [2.45, 2.75) is 25.9 Å². The second kappa shape index (κ2) is 5.66. The second-order valence-electron chi connectivity index (χ2n) is 4.61. The molecule has 0 amide bonds. The number of hydrogen-bond acceptors (Lipinski definition) is 2. The molecule has 108 valence electrons. The summed E-state index contributed by atoms with van der Waals surface area (Å²) < 4.78 is 41.1. The van der Waals surface area contributed by atoms with Crippen LogP contribution >= 0.6 is 0 Å². The molecule has 0 bridgehead atoms. The van der Waals surface area contributed by atoms with E-state index in [1.807, 2.05) is 6.92 Å². The number of nitrogens with zero attached hydrogens (tertiary/aromatic N) is 2. The number of aryl methyl sites for hydroxylation is 2. The zero-order valence-corrected chi connectivity index (χ0v) is 11.2. The SMILES string of the molecule is CCc1cc(CC(O)c2cc(F)c(F)cc2F)n(C)n1.